The quantitative estimate of drug-likeness (QED) is 0.498. The first-order chi connectivity index (χ1) is 12.8. The maximum Gasteiger partial charge on any atom is 0.321 e. The predicted octanol–water partition coefficient (Wildman–Crippen LogP) is 1.72. The second-order valence-corrected chi connectivity index (χ2v) is 6.92. The van der Waals surface area contributed by atoms with E-state index in [9.17, 15) is 24.9 Å². The first kappa shape index (κ1) is 20.4. The molecular weight excluding hydrogens is 350 g/mol. The molecular formula is C19H25N3O5. The Labute approximate surface area is 157 Å². The first-order valence-corrected chi connectivity index (χ1v) is 8.75. The van der Waals surface area contributed by atoms with E-state index in [0.717, 1.165) is 0 Å². The highest BCUT2D eigenvalue weighted by atomic mass is 16.4. The third-order valence-corrected chi connectivity index (χ3v) is 4.25. The molecule has 0 fully saturated rings. The van der Waals surface area contributed by atoms with Crippen LogP contribution in [0.4, 0.5) is 0 Å². The highest BCUT2D eigenvalue weighted by molar-refractivity contribution is 5.77. The maximum absolute atomic E-state index is 11.7. The van der Waals surface area contributed by atoms with E-state index in [1.165, 1.54) is 0 Å². The topological polar surface area (TPSA) is 125 Å². The van der Waals surface area contributed by atoms with Crippen molar-refractivity contribution in [1.29, 1.82) is 0 Å². The number of aromatic nitrogens is 2. The molecule has 0 bridgehead atoms. The monoisotopic (exact) mass is 375 g/mol. The van der Waals surface area contributed by atoms with Crippen molar-refractivity contribution in [2.45, 2.75) is 45.3 Å². The molecule has 2 rings (SSSR count). The van der Waals surface area contributed by atoms with Gasteiger partial charge in [0.25, 0.3) is 0 Å². The Balaban J connectivity index is 2.15. The first-order valence-electron chi connectivity index (χ1n) is 8.75. The summed E-state index contributed by atoms with van der Waals surface area (Å²) in [5.41, 5.74) is 1.31. The average Bonchev–Trinajstić information content (AvgIpc) is 3.01. The Morgan fingerprint density at radius 2 is 1.81 bits per heavy atom. The van der Waals surface area contributed by atoms with Gasteiger partial charge in [-0.2, -0.15) is 0 Å². The van der Waals surface area contributed by atoms with Gasteiger partial charge in [-0.05, 0) is 18.4 Å². The van der Waals surface area contributed by atoms with Gasteiger partial charge in [0.1, 0.15) is 17.8 Å². The molecule has 0 spiro atoms. The molecule has 27 heavy (non-hydrogen) atoms. The largest absolute Gasteiger partial charge is 0.508 e. The number of rotatable bonds is 10. The molecule has 0 aliphatic carbocycles. The van der Waals surface area contributed by atoms with Crippen molar-refractivity contribution in [3.63, 3.8) is 0 Å². The highest BCUT2D eigenvalue weighted by Gasteiger charge is 2.27. The fourth-order valence-electron chi connectivity index (χ4n) is 2.87. The van der Waals surface area contributed by atoms with Gasteiger partial charge < -0.3 is 19.9 Å². The van der Waals surface area contributed by atoms with Crippen molar-refractivity contribution >= 4 is 11.9 Å². The molecule has 1 aromatic heterocycles. The van der Waals surface area contributed by atoms with Gasteiger partial charge in [0.05, 0.1) is 12.9 Å². The third kappa shape index (κ3) is 5.82. The summed E-state index contributed by atoms with van der Waals surface area (Å²) in [6, 6.07) is 4.87. The number of carboxylic acids is 2. The van der Waals surface area contributed by atoms with Crippen molar-refractivity contribution in [2.24, 2.45) is 5.92 Å². The predicted molar refractivity (Wildman–Crippen MR) is 98.6 cm³/mol. The molecule has 0 aliphatic rings. The second-order valence-electron chi connectivity index (χ2n) is 6.92. The summed E-state index contributed by atoms with van der Waals surface area (Å²) in [7, 11) is 0. The molecule has 0 aliphatic heterocycles. The maximum atomic E-state index is 11.7. The molecule has 0 amide bonds. The Morgan fingerprint density at radius 1 is 1.15 bits per heavy atom. The van der Waals surface area contributed by atoms with Crippen LogP contribution in [-0.4, -0.2) is 48.9 Å². The molecule has 2 unspecified atom stereocenters. The number of hydrogen-bond acceptors (Lipinski definition) is 5. The zero-order valence-electron chi connectivity index (χ0n) is 15.4. The summed E-state index contributed by atoms with van der Waals surface area (Å²) in [6.07, 6.45) is 3.51. The molecule has 8 nitrogen and oxygen atoms in total. The lowest BCUT2D eigenvalue weighted by atomic mass is 10.0. The van der Waals surface area contributed by atoms with Crippen molar-refractivity contribution in [3.8, 4) is 5.75 Å². The van der Waals surface area contributed by atoms with Crippen LogP contribution in [0.15, 0.2) is 36.8 Å². The number of aromatic hydroxyl groups is 1. The molecule has 0 radical (unpaired) electrons. The summed E-state index contributed by atoms with van der Waals surface area (Å²) >= 11 is 0. The standard InChI is InChI=1S/C19H25N3O5/c1-12(2)7-15(18(24)25)21-16(19(26)27)8-14-9-20-11-22(14)10-13-5-3-4-6-17(13)23/h3-6,9,11-12,15-16,21,23H,7-8,10H2,1-2H3,(H,24,25)(H,26,27). The van der Waals surface area contributed by atoms with Crippen LogP contribution in [0.1, 0.15) is 31.5 Å². The van der Waals surface area contributed by atoms with E-state index in [-0.39, 0.29) is 18.1 Å². The minimum absolute atomic E-state index is 0.0742. The number of imidazole rings is 1. The molecule has 146 valence electrons. The number of carboxylic acid groups (broad SMARTS) is 2. The van der Waals surface area contributed by atoms with E-state index in [1.807, 2.05) is 13.8 Å². The normalized spacial score (nSPS) is 13.4. The zero-order valence-corrected chi connectivity index (χ0v) is 15.4. The van der Waals surface area contributed by atoms with Crippen molar-refractivity contribution < 1.29 is 24.9 Å². The van der Waals surface area contributed by atoms with E-state index in [2.05, 4.69) is 10.3 Å². The summed E-state index contributed by atoms with van der Waals surface area (Å²) < 4.78 is 1.74. The Bertz CT molecular complexity index is 787. The van der Waals surface area contributed by atoms with E-state index in [0.29, 0.717) is 24.2 Å². The van der Waals surface area contributed by atoms with Gasteiger partial charge in [-0.15, -0.1) is 0 Å². The number of nitrogens with zero attached hydrogens (tertiary/aromatic N) is 2. The van der Waals surface area contributed by atoms with Crippen LogP contribution < -0.4 is 5.32 Å². The van der Waals surface area contributed by atoms with Crippen molar-refractivity contribution in [2.75, 3.05) is 0 Å². The van der Waals surface area contributed by atoms with E-state index in [1.54, 1.807) is 41.4 Å². The number of phenols is 1. The lowest BCUT2D eigenvalue weighted by molar-refractivity contribution is -0.142. The number of hydrogen-bond donors (Lipinski definition) is 4. The average molecular weight is 375 g/mol. The van der Waals surface area contributed by atoms with Gasteiger partial charge in [0, 0.05) is 23.9 Å². The molecule has 4 N–H and O–H groups in total. The van der Waals surface area contributed by atoms with Gasteiger partial charge in [0.15, 0.2) is 0 Å². The van der Waals surface area contributed by atoms with Crippen LogP contribution >= 0.6 is 0 Å². The van der Waals surface area contributed by atoms with Crippen molar-refractivity contribution in [3.05, 3.63) is 48.0 Å². The number of phenolic OH excluding ortho intramolecular Hbond substituents is 1. The Hall–Kier alpha value is -2.87. The number of nitrogens with one attached hydrogen (secondary N) is 1. The summed E-state index contributed by atoms with van der Waals surface area (Å²) in [5.74, 6) is -1.94. The third-order valence-electron chi connectivity index (χ3n) is 4.25. The van der Waals surface area contributed by atoms with E-state index < -0.39 is 24.0 Å². The molecule has 1 heterocycles. The molecule has 0 saturated heterocycles. The number of aliphatic carboxylic acids is 2. The van der Waals surface area contributed by atoms with Crippen LogP contribution in [-0.2, 0) is 22.6 Å². The van der Waals surface area contributed by atoms with Gasteiger partial charge in [-0.25, -0.2) is 4.98 Å². The van der Waals surface area contributed by atoms with E-state index in [4.69, 9.17) is 0 Å². The highest BCUT2D eigenvalue weighted by Crippen LogP contribution is 2.18. The SMILES string of the molecule is CC(C)CC(NC(Cc1cncn1Cc1ccccc1O)C(=O)O)C(=O)O. The fourth-order valence-corrected chi connectivity index (χ4v) is 2.87. The van der Waals surface area contributed by atoms with Crippen LogP contribution in [0.3, 0.4) is 0 Å². The summed E-state index contributed by atoms with van der Waals surface area (Å²) in [6.45, 7) is 4.10. The minimum atomic E-state index is -1.12. The lowest BCUT2D eigenvalue weighted by Gasteiger charge is -2.22. The Kier molecular flexibility index (Phi) is 6.95. The summed E-state index contributed by atoms with van der Waals surface area (Å²) in [5, 5.41) is 31.6. The summed E-state index contributed by atoms with van der Waals surface area (Å²) in [4.78, 5) is 27.2. The molecule has 1 aromatic carbocycles. The molecule has 8 heteroatoms. The van der Waals surface area contributed by atoms with Gasteiger partial charge in [0.2, 0.25) is 0 Å². The van der Waals surface area contributed by atoms with Crippen molar-refractivity contribution in [1.82, 2.24) is 14.9 Å². The van der Waals surface area contributed by atoms with Crippen LogP contribution in [0.25, 0.3) is 0 Å². The second kappa shape index (κ2) is 9.18. The van der Waals surface area contributed by atoms with Crippen LogP contribution in [0, 0.1) is 5.92 Å². The Morgan fingerprint density at radius 3 is 2.41 bits per heavy atom. The fraction of sp³-hybridized carbons (Fsp3) is 0.421. The molecule has 2 atom stereocenters. The number of para-hydroxylation sites is 1. The lowest BCUT2D eigenvalue weighted by Crippen LogP contribution is -2.49. The van der Waals surface area contributed by atoms with Gasteiger partial charge >= 0.3 is 11.9 Å². The minimum Gasteiger partial charge on any atom is -0.508 e. The molecule has 2 aromatic rings. The van der Waals surface area contributed by atoms with E-state index >= 15 is 0 Å². The van der Waals surface area contributed by atoms with Crippen LogP contribution in [0.2, 0.25) is 0 Å². The zero-order chi connectivity index (χ0) is 20.0. The van der Waals surface area contributed by atoms with Crippen LogP contribution in [0.5, 0.6) is 5.75 Å². The van der Waals surface area contributed by atoms with Gasteiger partial charge in [-0.3, -0.25) is 14.9 Å². The number of carbonyl (C=O) groups is 2. The molecule has 0 saturated carbocycles. The van der Waals surface area contributed by atoms with Gasteiger partial charge in [-0.1, -0.05) is 32.0 Å². The smallest absolute Gasteiger partial charge is 0.321 e. The number of benzene rings is 1.